The Hall–Kier alpha value is -1.23. The number of hydrogen-bond acceptors (Lipinski definition) is 2. The Labute approximate surface area is 114 Å². The molecule has 0 aliphatic carbocycles. The predicted molar refractivity (Wildman–Crippen MR) is 65.9 cm³/mol. The van der Waals surface area contributed by atoms with Gasteiger partial charge in [-0.1, -0.05) is 12.1 Å². The third-order valence-corrected chi connectivity index (χ3v) is 2.55. The zero-order chi connectivity index (χ0) is 14.8. The second-order valence-electron chi connectivity index (χ2n) is 5.02. The molecule has 2 nitrogen and oxygen atoms in total. The summed E-state index contributed by atoms with van der Waals surface area (Å²) in [7, 11) is 0. The van der Waals surface area contributed by atoms with Crippen molar-refractivity contribution in [3.05, 3.63) is 35.4 Å². The maximum Gasteiger partial charge on any atom is 0.416 e. The summed E-state index contributed by atoms with van der Waals surface area (Å²) < 4.78 is 42.7. The summed E-state index contributed by atoms with van der Waals surface area (Å²) in [5.41, 5.74) is -1.53. The van der Waals surface area contributed by atoms with Crippen LogP contribution in [0.4, 0.5) is 13.2 Å². The third-order valence-electron chi connectivity index (χ3n) is 2.12. The molecule has 106 valence electrons. The first-order valence-electron chi connectivity index (χ1n) is 5.55. The maximum absolute atomic E-state index is 12.5. The zero-order valence-corrected chi connectivity index (χ0v) is 11.5. The van der Waals surface area contributed by atoms with E-state index in [-0.39, 0.29) is 5.56 Å². The molecule has 19 heavy (non-hydrogen) atoms. The smallest absolute Gasteiger partial charge is 0.416 e. The third kappa shape index (κ3) is 4.74. The van der Waals surface area contributed by atoms with Gasteiger partial charge in [0.05, 0.1) is 5.56 Å². The SMILES string of the molecule is CC(C)(C)OC(=O)C(Cl)c1cccc(C(F)(F)F)c1. The van der Waals surface area contributed by atoms with Crippen molar-refractivity contribution in [3.8, 4) is 0 Å². The molecule has 0 saturated carbocycles. The van der Waals surface area contributed by atoms with Gasteiger partial charge in [0.2, 0.25) is 0 Å². The molecular formula is C13H14ClF3O2. The number of carbonyl (C=O) groups excluding carboxylic acids is 1. The van der Waals surface area contributed by atoms with Crippen LogP contribution in [0.15, 0.2) is 24.3 Å². The number of alkyl halides is 4. The fourth-order valence-electron chi connectivity index (χ4n) is 1.36. The molecule has 0 amide bonds. The largest absolute Gasteiger partial charge is 0.459 e. The van der Waals surface area contributed by atoms with Gasteiger partial charge >= 0.3 is 12.1 Å². The highest BCUT2D eigenvalue weighted by atomic mass is 35.5. The van der Waals surface area contributed by atoms with E-state index in [2.05, 4.69) is 0 Å². The van der Waals surface area contributed by atoms with E-state index in [1.807, 2.05) is 0 Å². The highest BCUT2D eigenvalue weighted by Gasteiger charge is 2.32. The van der Waals surface area contributed by atoms with Gasteiger partial charge in [-0.05, 0) is 38.5 Å². The highest BCUT2D eigenvalue weighted by Crippen LogP contribution is 2.32. The Morgan fingerprint density at radius 3 is 2.32 bits per heavy atom. The fraction of sp³-hybridized carbons (Fsp3) is 0.462. The van der Waals surface area contributed by atoms with Gasteiger partial charge in [-0.2, -0.15) is 13.2 Å². The lowest BCUT2D eigenvalue weighted by molar-refractivity contribution is -0.154. The lowest BCUT2D eigenvalue weighted by Gasteiger charge is -2.21. The van der Waals surface area contributed by atoms with Crippen molar-refractivity contribution in [2.75, 3.05) is 0 Å². The lowest BCUT2D eigenvalue weighted by Crippen LogP contribution is -2.26. The summed E-state index contributed by atoms with van der Waals surface area (Å²) in [5, 5.41) is -1.26. The molecule has 0 heterocycles. The standard InChI is InChI=1S/C13H14ClF3O2/c1-12(2,3)19-11(18)10(14)8-5-4-6-9(7-8)13(15,16)17/h4-7,10H,1-3H3. The molecular weight excluding hydrogens is 281 g/mol. The van der Waals surface area contributed by atoms with Crippen LogP contribution >= 0.6 is 11.6 Å². The van der Waals surface area contributed by atoms with Crippen LogP contribution < -0.4 is 0 Å². The first kappa shape index (κ1) is 15.8. The van der Waals surface area contributed by atoms with Crippen LogP contribution in [0.1, 0.15) is 37.3 Å². The highest BCUT2D eigenvalue weighted by molar-refractivity contribution is 6.30. The molecule has 0 aliphatic rings. The molecule has 0 radical (unpaired) electrons. The van der Waals surface area contributed by atoms with E-state index in [1.165, 1.54) is 12.1 Å². The van der Waals surface area contributed by atoms with E-state index in [0.717, 1.165) is 12.1 Å². The molecule has 6 heteroatoms. The Kier molecular flexibility index (Phi) is 4.50. The average Bonchev–Trinajstić information content (AvgIpc) is 2.24. The van der Waals surface area contributed by atoms with Crippen LogP contribution in [0.5, 0.6) is 0 Å². The summed E-state index contributed by atoms with van der Waals surface area (Å²) in [6.45, 7) is 4.96. The van der Waals surface area contributed by atoms with Crippen LogP contribution in [-0.2, 0) is 15.7 Å². The Bertz CT molecular complexity index is 464. The van der Waals surface area contributed by atoms with Gasteiger partial charge in [0.15, 0.2) is 5.38 Å². The minimum absolute atomic E-state index is 0.0609. The topological polar surface area (TPSA) is 26.3 Å². The second kappa shape index (κ2) is 5.41. The molecule has 1 rings (SSSR count). The fourth-order valence-corrected chi connectivity index (χ4v) is 1.54. The van der Waals surface area contributed by atoms with Gasteiger partial charge in [-0.3, -0.25) is 4.79 Å². The molecule has 1 unspecified atom stereocenters. The van der Waals surface area contributed by atoms with E-state index in [0.29, 0.717) is 0 Å². The van der Waals surface area contributed by atoms with Crippen molar-refractivity contribution in [1.29, 1.82) is 0 Å². The second-order valence-corrected chi connectivity index (χ2v) is 5.46. The Morgan fingerprint density at radius 2 is 1.84 bits per heavy atom. The van der Waals surface area contributed by atoms with Gasteiger partial charge in [0, 0.05) is 0 Å². The van der Waals surface area contributed by atoms with Crippen LogP contribution in [-0.4, -0.2) is 11.6 Å². The summed E-state index contributed by atoms with van der Waals surface area (Å²) >= 11 is 5.84. The van der Waals surface area contributed by atoms with E-state index in [1.54, 1.807) is 20.8 Å². The van der Waals surface area contributed by atoms with Crippen molar-refractivity contribution in [1.82, 2.24) is 0 Å². The molecule has 0 spiro atoms. The molecule has 1 aromatic carbocycles. The van der Waals surface area contributed by atoms with Gasteiger partial charge in [0.1, 0.15) is 5.60 Å². The molecule has 1 atom stereocenters. The summed E-state index contributed by atoms with van der Waals surface area (Å²) in [6.07, 6.45) is -4.47. The predicted octanol–water partition coefficient (Wildman–Crippen LogP) is 4.33. The van der Waals surface area contributed by atoms with E-state index >= 15 is 0 Å². The minimum Gasteiger partial charge on any atom is -0.459 e. The average molecular weight is 295 g/mol. The zero-order valence-electron chi connectivity index (χ0n) is 10.7. The van der Waals surface area contributed by atoms with Crippen LogP contribution in [0.2, 0.25) is 0 Å². The molecule has 0 fully saturated rings. The normalized spacial score (nSPS) is 14.1. The number of rotatable bonds is 2. The Balaban J connectivity index is 2.95. The van der Waals surface area contributed by atoms with Crippen molar-refractivity contribution in [3.63, 3.8) is 0 Å². The number of benzene rings is 1. The molecule has 0 aromatic heterocycles. The number of ether oxygens (including phenoxy) is 1. The molecule has 1 aromatic rings. The Morgan fingerprint density at radius 1 is 1.26 bits per heavy atom. The minimum atomic E-state index is -4.47. The van der Waals surface area contributed by atoms with Crippen molar-refractivity contribution < 1.29 is 22.7 Å². The van der Waals surface area contributed by atoms with E-state index < -0.39 is 28.7 Å². The van der Waals surface area contributed by atoms with Gasteiger partial charge in [-0.25, -0.2) is 0 Å². The molecule has 0 bridgehead atoms. The quantitative estimate of drug-likeness (QED) is 0.599. The maximum atomic E-state index is 12.5. The van der Waals surface area contributed by atoms with Gasteiger partial charge in [0.25, 0.3) is 0 Å². The van der Waals surface area contributed by atoms with E-state index in [4.69, 9.17) is 16.3 Å². The first-order chi connectivity index (χ1) is 8.50. The molecule has 0 aliphatic heterocycles. The summed E-state index contributed by atoms with van der Waals surface area (Å²) in [6, 6.07) is 4.33. The number of carbonyl (C=O) groups is 1. The summed E-state index contributed by atoms with van der Waals surface area (Å²) in [4.78, 5) is 11.7. The molecule has 0 saturated heterocycles. The number of esters is 1. The van der Waals surface area contributed by atoms with Crippen LogP contribution in [0, 0.1) is 0 Å². The van der Waals surface area contributed by atoms with Gasteiger partial charge < -0.3 is 4.74 Å². The number of hydrogen-bond donors (Lipinski definition) is 0. The van der Waals surface area contributed by atoms with E-state index in [9.17, 15) is 18.0 Å². The molecule has 0 N–H and O–H groups in total. The van der Waals surface area contributed by atoms with Crippen molar-refractivity contribution in [2.45, 2.75) is 37.9 Å². The van der Waals surface area contributed by atoms with Crippen molar-refractivity contribution in [2.24, 2.45) is 0 Å². The van der Waals surface area contributed by atoms with Crippen LogP contribution in [0.3, 0.4) is 0 Å². The lowest BCUT2D eigenvalue weighted by atomic mass is 10.1. The first-order valence-corrected chi connectivity index (χ1v) is 5.98. The monoisotopic (exact) mass is 294 g/mol. The van der Waals surface area contributed by atoms with Crippen LogP contribution in [0.25, 0.3) is 0 Å². The van der Waals surface area contributed by atoms with Gasteiger partial charge in [-0.15, -0.1) is 11.6 Å². The van der Waals surface area contributed by atoms with Crippen molar-refractivity contribution >= 4 is 17.6 Å². The summed E-state index contributed by atoms with van der Waals surface area (Å²) in [5.74, 6) is -0.770. The number of halogens is 4.